The van der Waals surface area contributed by atoms with Crippen LogP contribution in [0.15, 0.2) is 61.2 Å². The predicted molar refractivity (Wildman–Crippen MR) is 81.9 cm³/mol. The number of hydrogen-bond donors (Lipinski definition) is 1. The summed E-state index contributed by atoms with van der Waals surface area (Å²) in [6.45, 7) is 6.87. The minimum absolute atomic E-state index is 0.000637. The molecule has 0 aliphatic carbocycles. The molecule has 2 rings (SSSR count). The van der Waals surface area contributed by atoms with Crippen LogP contribution in [-0.4, -0.2) is 11.7 Å². The summed E-state index contributed by atoms with van der Waals surface area (Å²) in [7, 11) is 0. The van der Waals surface area contributed by atoms with E-state index in [0.717, 1.165) is 16.7 Å². The lowest BCUT2D eigenvalue weighted by atomic mass is 9.98. The summed E-state index contributed by atoms with van der Waals surface area (Å²) in [5.74, 6) is 0.303. The van der Waals surface area contributed by atoms with Crippen LogP contribution in [0.1, 0.15) is 22.6 Å². The van der Waals surface area contributed by atoms with Crippen molar-refractivity contribution in [2.75, 3.05) is 6.61 Å². The third-order valence-electron chi connectivity index (χ3n) is 3.28. The molecule has 0 radical (unpaired) electrons. The van der Waals surface area contributed by atoms with Crippen molar-refractivity contribution in [2.45, 2.75) is 19.4 Å². The van der Waals surface area contributed by atoms with E-state index in [-0.39, 0.29) is 5.92 Å². The van der Waals surface area contributed by atoms with Crippen LogP contribution in [0.2, 0.25) is 0 Å². The summed E-state index contributed by atoms with van der Waals surface area (Å²) < 4.78 is 5.73. The topological polar surface area (TPSA) is 29.5 Å². The summed E-state index contributed by atoms with van der Waals surface area (Å²) in [6, 6.07) is 15.7. The van der Waals surface area contributed by atoms with Crippen molar-refractivity contribution in [1.29, 1.82) is 0 Å². The lowest BCUT2D eigenvalue weighted by molar-refractivity contribution is 0.115. The molecule has 1 N–H and O–H groups in total. The number of hydrogen-bond acceptors (Lipinski definition) is 2. The Kier molecular flexibility index (Phi) is 4.97. The average Bonchev–Trinajstić information content (AvgIpc) is 2.46. The molecule has 2 nitrogen and oxygen atoms in total. The van der Waals surface area contributed by atoms with E-state index in [1.54, 1.807) is 6.07 Å². The van der Waals surface area contributed by atoms with Gasteiger partial charge in [-0.3, -0.25) is 0 Å². The maximum absolute atomic E-state index is 10.0. The van der Waals surface area contributed by atoms with Gasteiger partial charge in [-0.15, -0.1) is 6.58 Å². The third-order valence-corrected chi connectivity index (χ3v) is 3.28. The molecule has 104 valence electrons. The van der Waals surface area contributed by atoms with Gasteiger partial charge in [0.15, 0.2) is 0 Å². The Labute approximate surface area is 120 Å². The highest BCUT2D eigenvalue weighted by Gasteiger charge is 2.12. The van der Waals surface area contributed by atoms with E-state index in [2.05, 4.69) is 6.58 Å². The van der Waals surface area contributed by atoms with Gasteiger partial charge in [0.2, 0.25) is 0 Å². The van der Waals surface area contributed by atoms with E-state index in [1.165, 1.54) is 0 Å². The summed E-state index contributed by atoms with van der Waals surface area (Å²) in [5, 5.41) is 10.0. The van der Waals surface area contributed by atoms with Crippen LogP contribution in [0.4, 0.5) is 0 Å². The van der Waals surface area contributed by atoms with Crippen LogP contribution in [0.3, 0.4) is 0 Å². The van der Waals surface area contributed by atoms with Gasteiger partial charge in [-0.25, -0.2) is 0 Å². The molecule has 0 bridgehead atoms. The molecule has 0 aliphatic rings. The van der Waals surface area contributed by atoms with E-state index in [1.807, 2.05) is 55.5 Å². The number of benzene rings is 2. The molecule has 1 unspecified atom stereocenters. The molecule has 0 spiro atoms. The molecule has 0 aromatic heterocycles. The largest absolute Gasteiger partial charge is 0.508 e. The number of phenols is 1. The first kappa shape index (κ1) is 14.4. The Balaban J connectivity index is 1.97. The SMILES string of the molecule is C=CC(COCc1ccccc1)c1ccc(C)cc1O. The Morgan fingerprint density at radius 3 is 2.60 bits per heavy atom. The lowest BCUT2D eigenvalue weighted by Gasteiger charge is -2.15. The number of aromatic hydroxyl groups is 1. The zero-order valence-electron chi connectivity index (χ0n) is 11.8. The second kappa shape index (κ2) is 6.92. The van der Waals surface area contributed by atoms with E-state index in [9.17, 15) is 5.11 Å². The van der Waals surface area contributed by atoms with Gasteiger partial charge in [-0.2, -0.15) is 0 Å². The maximum atomic E-state index is 10.0. The van der Waals surface area contributed by atoms with E-state index in [0.29, 0.717) is 19.0 Å². The van der Waals surface area contributed by atoms with Gasteiger partial charge in [0.1, 0.15) is 5.75 Å². The second-order valence-corrected chi connectivity index (χ2v) is 4.91. The van der Waals surface area contributed by atoms with Crippen molar-refractivity contribution < 1.29 is 9.84 Å². The zero-order chi connectivity index (χ0) is 14.4. The number of ether oxygens (including phenoxy) is 1. The minimum Gasteiger partial charge on any atom is -0.508 e. The molecule has 0 amide bonds. The fourth-order valence-corrected chi connectivity index (χ4v) is 2.13. The molecule has 20 heavy (non-hydrogen) atoms. The molecule has 0 saturated heterocycles. The molecule has 2 heteroatoms. The zero-order valence-corrected chi connectivity index (χ0v) is 11.8. The van der Waals surface area contributed by atoms with Crippen LogP contribution >= 0.6 is 0 Å². The fourth-order valence-electron chi connectivity index (χ4n) is 2.13. The summed E-state index contributed by atoms with van der Waals surface area (Å²) in [5.41, 5.74) is 3.04. The normalized spacial score (nSPS) is 12.1. The first-order chi connectivity index (χ1) is 9.70. The van der Waals surface area contributed by atoms with Crippen molar-refractivity contribution in [2.24, 2.45) is 0 Å². The highest BCUT2D eigenvalue weighted by atomic mass is 16.5. The van der Waals surface area contributed by atoms with Crippen molar-refractivity contribution in [1.82, 2.24) is 0 Å². The van der Waals surface area contributed by atoms with Crippen LogP contribution < -0.4 is 0 Å². The predicted octanol–water partition coefficient (Wildman–Crippen LogP) is 4.19. The Bertz CT molecular complexity index is 561. The maximum Gasteiger partial charge on any atom is 0.119 e. The Hall–Kier alpha value is -2.06. The number of aryl methyl sites for hydroxylation is 1. The number of rotatable bonds is 6. The van der Waals surface area contributed by atoms with Crippen LogP contribution in [0.5, 0.6) is 5.75 Å². The minimum atomic E-state index is -0.000637. The molecule has 0 heterocycles. The molecule has 1 atom stereocenters. The van der Waals surface area contributed by atoms with Gasteiger partial charge in [0, 0.05) is 11.5 Å². The van der Waals surface area contributed by atoms with Crippen molar-refractivity contribution in [3.63, 3.8) is 0 Å². The van der Waals surface area contributed by atoms with Gasteiger partial charge in [0.05, 0.1) is 13.2 Å². The van der Waals surface area contributed by atoms with Crippen LogP contribution in [-0.2, 0) is 11.3 Å². The number of phenolic OH excluding ortho intramolecular Hbond substituents is 1. The molecular formula is C18H20O2. The van der Waals surface area contributed by atoms with Gasteiger partial charge < -0.3 is 9.84 Å². The van der Waals surface area contributed by atoms with Gasteiger partial charge >= 0.3 is 0 Å². The highest BCUT2D eigenvalue weighted by Crippen LogP contribution is 2.28. The molecule has 0 aliphatic heterocycles. The Morgan fingerprint density at radius 2 is 1.95 bits per heavy atom. The van der Waals surface area contributed by atoms with Crippen molar-refractivity contribution in [3.05, 3.63) is 77.9 Å². The average molecular weight is 268 g/mol. The first-order valence-corrected chi connectivity index (χ1v) is 6.74. The first-order valence-electron chi connectivity index (χ1n) is 6.74. The lowest BCUT2D eigenvalue weighted by Crippen LogP contribution is -2.06. The monoisotopic (exact) mass is 268 g/mol. The molecular weight excluding hydrogens is 248 g/mol. The van der Waals surface area contributed by atoms with Crippen molar-refractivity contribution >= 4 is 0 Å². The smallest absolute Gasteiger partial charge is 0.119 e. The van der Waals surface area contributed by atoms with Crippen LogP contribution in [0, 0.1) is 6.92 Å². The second-order valence-electron chi connectivity index (χ2n) is 4.91. The van der Waals surface area contributed by atoms with Gasteiger partial charge in [0.25, 0.3) is 0 Å². The van der Waals surface area contributed by atoms with E-state index >= 15 is 0 Å². The summed E-state index contributed by atoms with van der Waals surface area (Å²) in [4.78, 5) is 0. The van der Waals surface area contributed by atoms with Crippen LogP contribution in [0.25, 0.3) is 0 Å². The van der Waals surface area contributed by atoms with Gasteiger partial charge in [-0.05, 0) is 24.1 Å². The van der Waals surface area contributed by atoms with Crippen molar-refractivity contribution in [3.8, 4) is 5.75 Å². The Morgan fingerprint density at radius 1 is 1.20 bits per heavy atom. The molecule has 0 fully saturated rings. The molecule has 0 saturated carbocycles. The van der Waals surface area contributed by atoms with E-state index in [4.69, 9.17) is 4.74 Å². The fraction of sp³-hybridized carbons (Fsp3) is 0.222. The van der Waals surface area contributed by atoms with Gasteiger partial charge in [-0.1, -0.05) is 48.5 Å². The standard InChI is InChI=1S/C18H20O2/c1-3-16(17-10-9-14(2)11-18(17)19)13-20-12-15-7-5-4-6-8-15/h3-11,16,19H,1,12-13H2,2H3. The highest BCUT2D eigenvalue weighted by molar-refractivity contribution is 5.40. The summed E-state index contributed by atoms with van der Waals surface area (Å²) in [6.07, 6.45) is 1.81. The summed E-state index contributed by atoms with van der Waals surface area (Å²) >= 11 is 0. The molecule has 2 aromatic rings. The van der Waals surface area contributed by atoms with E-state index < -0.39 is 0 Å². The third kappa shape index (κ3) is 3.72. The quantitative estimate of drug-likeness (QED) is 0.796. The molecule has 2 aromatic carbocycles.